The Balaban J connectivity index is 0.000000500. The molecule has 22 amide bonds. The van der Waals surface area contributed by atoms with Crippen LogP contribution in [0, 0.1) is 23.7 Å². The number of amides is 22. The molecule has 0 bridgehead atoms. The van der Waals surface area contributed by atoms with E-state index in [1.165, 1.54) is 60.4 Å². The van der Waals surface area contributed by atoms with Crippen molar-refractivity contribution in [2.24, 2.45) is 58.1 Å². The fraction of sp³-hybridized carbons (Fsp3) is 0.622. The molecule has 46 nitrogen and oxygen atoms in total. The largest absolute Gasteiger partial charge is 0.497 e. The van der Waals surface area contributed by atoms with E-state index in [1.807, 2.05) is 27.7 Å². The second-order valence-corrected chi connectivity index (χ2v) is 37.1. The molecule has 6 rings (SSSR count). The van der Waals surface area contributed by atoms with Crippen LogP contribution in [0.4, 0.5) is 0 Å². The molecule has 15 unspecified atom stereocenters. The number of benzene rings is 2. The van der Waals surface area contributed by atoms with Crippen molar-refractivity contribution in [3.05, 3.63) is 59.6 Å². The van der Waals surface area contributed by atoms with Gasteiger partial charge in [0.25, 0.3) is 0 Å². The number of likely N-dealkylation sites (tertiary alicyclic amines) is 2. The van der Waals surface area contributed by atoms with Gasteiger partial charge in [0.1, 0.15) is 96.1 Å². The quantitative estimate of drug-likeness (QED) is 0.0304. The lowest BCUT2D eigenvalue weighted by atomic mass is 9.96. The van der Waals surface area contributed by atoms with Crippen LogP contribution in [0.25, 0.3) is 0 Å². The Morgan fingerprint density at radius 2 is 0.812 bits per heavy atom. The van der Waals surface area contributed by atoms with Gasteiger partial charge in [-0.2, -0.15) is 23.5 Å². The Morgan fingerprint density at radius 1 is 0.442 bits per heavy atom. The number of thioether (sulfide) groups is 2. The molecule has 26 N–H and O–H groups in total. The average Bonchev–Trinajstić information content (AvgIpc) is 1.09. The highest BCUT2D eigenvalue weighted by molar-refractivity contribution is 7.99. The molecule has 2 aromatic rings. The van der Waals surface area contributed by atoms with Crippen molar-refractivity contribution >= 4 is 153 Å². The molecule has 4 heterocycles. The van der Waals surface area contributed by atoms with Gasteiger partial charge in [-0.05, 0) is 135 Å². The first kappa shape index (κ1) is 109. The SMILES string of the molecule is [2H]C([2H])(c1ccc(OC)cc1)[C@@H]1NC(=O)CCCSCC(C(=O)N2CCCC2C(=O)NC(CC(C)C)C(=O)NCC(N)=O)NC(=O)C(CC(N)=O)NC(=O)C(CCC(N)=O)NC(=O)C(C(C)CC)NC1=O.[2H]c1cc(CC2NC(=O)CCCSCC(C(=O)N3CCCC3C(=O)NC(CC(C)C)C(=O)NCC(N)=O)NC(=O)C(CC(N)=O)NC(=O)C(CCC(N)=O)NC(=O)C(C(C)CC)NC2=O)cc([2H])c1OC. The van der Waals surface area contributed by atoms with Crippen LogP contribution in [0.2, 0.25) is 0 Å². The van der Waals surface area contributed by atoms with Gasteiger partial charge in [-0.3, -0.25) is 105 Å². The number of nitrogens with two attached hydrogens (primary N) is 6. The first-order valence-electron chi connectivity index (χ1n) is 47.8. The molecule has 4 aliphatic rings. The molecule has 48 heteroatoms. The molecular formula is C90H138N22O24S2. The van der Waals surface area contributed by atoms with Crippen molar-refractivity contribution in [1.82, 2.24) is 84.2 Å². The molecule has 0 aliphatic carbocycles. The Kier molecular flexibility index (Phi) is 46.2. The number of ether oxygens (including phenoxy) is 2. The fourth-order valence-corrected chi connectivity index (χ4v) is 17.0. The third-order valence-corrected chi connectivity index (χ3v) is 25.0. The van der Waals surface area contributed by atoms with Crippen molar-refractivity contribution < 1.29 is 120 Å². The molecule has 764 valence electrons. The Morgan fingerprint density at radius 3 is 1.17 bits per heavy atom. The third-order valence-electron chi connectivity index (χ3n) is 22.7. The number of hydrogen-bond acceptors (Lipinski definition) is 26. The minimum absolute atomic E-state index is 0.00883. The Bertz CT molecular complexity index is 4830. The monoisotopic (exact) mass is 1980 g/mol. The summed E-state index contributed by atoms with van der Waals surface area (Å²) in [5, 5.41) is 35.5. The minimum Gasteiger partial charge on any atom is -0.497 e. The van der Waals surface area contributed by atoms with Gasteiger partial charge >= 0.3 is 0 Å². The van der Waals surface area contributed by atoms with Crippen molar-refractivity contribution in [2.45, 2.75) is 268 Å². The summed E-state index contributed by atoms with van der Waals surface area (Å²) in [5.74, 6) is -19.9. The topological polar surface area (TPSA) is 725 Å². The Hall–Kier alpha value is -12.9. The fourth-order valence-electron chi connectivity index (χ4n) is 15.0. The number of nitrogens with zero attached hydrogens (tertiary/aromatic N) is 2. The van der Waals surface area contributed by atoms with Gasteiger partial charge in [0, 0.05) is 65.8 Å². The van der Waals surface area contributed by atoms with Gasteiger partial charge in [0.2, 0.25) is 130 Å². The smallest absolute Gasteiger partial charge is 0.246 e. The Labute approximate surface area is 815 Å². The zero-order valence-corrected chi connectivity index (χ0v) is 81.1. The molecule has 0 radical (unpaired) electrons. The van der Waals surface area contributed by atoms with Gasteiger partial charge in [0.05, 0.1) is 42.9 Å². The molecule has 4 saturated heterocycles. The van der Waals surface area contributed by atoms with E-state index in [-0.39, 0.29) is 136 Å². The summed E-state index contributed by atoms with van der Waals surface area (Å²) in [7, 11) is 2.72. The summed E-state index contributed by atoms with van der Waals surface area (Å²) in [4.78, 5) is 297. The lowest BCUT2D eigenvalue weighted by Gasteiger charge is -2.31. The van der Waals surface area contributed by atoms with E-state index in [0.29, 0.717) is 30.6 Å². The molecule has 4 fully saturated rings. The lowest BCUT2D eigenvalue weighted by molar-refractivity contribution is -0.142. The van der Waals surface area contributed by atoms with Crippen LogP contribution >= 0.6 is 23.5 Å². The van der Waals surface area contributed by atoms with Crippen LogP contribution in [-0.4, -0.2) is 288 Å². The molecule has 0 saturated carbocycles. The maximum Gasteiger partial charge on any atom is 0.246 e. The van der Waals surface area contributed by atoms with Crippen LogP contribution in [0.15, 0.2) is 48.5 Å². The van der Waals surface area contributed by atoms with Gasteiger partial charge in [-0.25, -0.2) is 0 Å². The molecule has 138 heavy (non-hydrogen) atoms. The third kappa shape index (κ3) is 39.7. The number of hydrogen-bond donors (Lipinski definition) is 20. The average molecular weight is 1980 g/mol. The lowest BCUT2D eigenvalue weighted by Crippen LogP contribution is -2.61. The molecule has 0 aromatic heterocycles. The zero-order chi connectivity index (χ0) is 106. The van der Waals surface area contributed by atoms with Gasteiger partial charge in [-0.15, -0.1) is 0 Å². The zero-order valence-electron chi connectivity index (χ0n) is 83.4. The van der Waals surface area contributed by atoms with E-state index in [4.69, 9.17) is 49.4 Å². The normalized spacial score (nSPS) is 23.7. The number of carbonyl (C=O) groups is 22. The number of nitrogens with one attached hydrogen (secondary N) is 14. The van der Waals surface area contributed by atoms with Crippen molar-refractivity contribution in [2.75, 3.05) is 63.4 Å². The number of primary amides is 6. The van der Waals surface area contributed by atoms with Crippen molar-refractivity contribution in [3.8, 4) is 11.5 Å². The summed E-state index contributed by atoms with van der Waals surface area (Å²) in [6, 6.07) is -11.9. The summed E-state index contributed by atoms with van der Waals surface area (Å²) in [6.07, 6.45) is -4.20. The summed E-state index contributed by atoms with van der Waals surface area (Å²) >= 11 is 2.26. The highest BCUT2D eigenvalue weighted by atomic mass is 32.2. The van der Waals surface area contributed by atoms with Gasteiger partial charge in [-0.1, -0.05) is 92.5 Å². The second-order valence-electron chi connectivity index (χ2n) is 34.8. The number of carbonyl (C=O) groups excluding carboxylic acids is 22. The van der Waals surface area contributed by atoms with Crippen molar-refractivity contribution in [1.29, 1.82) is 0 Å². The predicted molar refractivity (Wildman–Crippen MR) is 506 cm³/mol. The predicted octanol–water partition coefficient (Wildman–Crippen LogP) is -5.00. The molecule has 4 aliphatic heterocycles. The first-order valence-corrected chi connectivity index (χ1v) is 48.1. The van der Waals surface area contributed by atoms with Crippen LogP contribution in [0.3, 0.4) is 0 Å². The molecular weight excluding hydrogens is 1840 g/mol. The minimum atomic E-state index is -2.59. The van der Waals surface area contributed by atoms with Crippen LogP contribution in [-0.2, 0) is 118 Å². The molecule has 0 spiro atoms. The highest BCUT2D eigenvalue weighted by Gasteiger charge is 2.45. The van der Waals surface area contributed by atoms with Crippen LogP contribution in [0.5, 0.6) is 11.5 Å². The molecule has 2 aromatic carbocycles. The van der Waals surface area contributed by atoms with Gasteiger partial charge in [0.15, 0.2) is 0 Å². The summed E-state index contributed by atoms with van der Waals surface area (Å²) in [6.45, 7) is 13.1. The first-order chi connectivity index (χ1) is 66.8. The maximum atomic E-state index is 14.5. The van der Waals surface area contributed by atoms with Crippen LogP contribution < -0.4 is 118 Å². The van der Waals surface area contributed by atoms with E-state index >= 15 is 0 Å². The van der Waals surface area contributed by atoms with E-state index < -0.39 is 284 Å². The second kappa shape index (κ2) is 58.6. The van der Waals surface area contributed by atoms with Crippen molar-refractivity contribution in [3.63, 3.8) is 0 Å². The van der Waals surface area contributed by atoms with Gasteiger partial charge < -0.3 is 128 Å². The maximum absolute atomic E-state index is 14.5. The van der Waals surface area contributed by atoms with E-state index in [1.54, 1.807) is 27.7 Å². The van der Waals surface area contributed by atoms with E-state index in [0.717, 1.165) is 23.5 Å². The highest BCUT2D eigenvalue weighted by Crippen LogP contribution is 2.26. The standard InChI is InChI=1S/2C45H69N11O12S/c2*1-6-25(4)38-44(66)51-28(15-16-34(46)57)40(62)52-31(21-35(47)58)41(63)54-32(23-69-18-8-10-37(60)50-30(42(64)55-38)20-26-11-13-27(68-5)14-12-26)45(67)56-17-7-9-33(56)43(65)53-29(19-24(2)3)39(61)49-22-36(48)59/h2*11-14,24-25,28-33,38H,6-10,15-23H2,1-5H3,(H2,46,57)(H2,47,58)(H2,48,59)(H,49,61)(H,50,60)(H,51,66)(H,52,62)(H,53,65)(H,54,63)(H,55,64)/t25?,28?,29?,30-,31?,32?,33?,38?;/m0./s1/i20D2;13D,14D. The summed E-state index contributed by atoms with van der Waals surface area (Å²) < 4.78 is 45.2. The van der Waals surface area contributed by atoms with Crippen LogP contribution in [0.1, 0.15) is 188 Å². The number of methoxy groups -OCH3 is 2. The number of rotatable bonds is 36. The van der Waals surface area contributed by atoms with E-state index in [9.17, 15) is 105 Å². The molecule has 16 atom stereocenters. The van der Waals surface area contributed by atoms with E-state index in [2.05, 4.69) is 74.4 Å². The summed E-state index contributed by atoms with van der Waals surface area (Å²) in [5.41, 5.74) is 32.5.